The fourth-order valence-corrected chi connectivity index (χ4v) is 4.29. The van der Waals surface area contributed by atoms with E-state index in [2.05, 4.69) is 0 Å². The third-order valence-corrected chi connectivity index (χ3v) is 5.72. The van der Waals surface area contributed by atoms with Gasteiger partial charge in [-0.3, -0.25) is 14.5 Å². The maximum absolute atomic E-state index is 12.7. The normalized spacial score (nSPS) is 19.9. The lowest BCUT2D eigenvalue weighted by Crippen LogP contribution is -2.42. The second kappa shape index (κ2) is 9.30. The maximum Gasteiger partial charge on any atom is 0.266 e. The first-order valence-corrected chi connectivity index (χ1v) is 10.1. The fraction of sp³-hybridized carbons (Fsp3) is 0.350. The van der Waals surface area contributed by atoms with Crippen LogP contribution in [0.2, 0.25) is 0 Å². The van der Waals surface area contributed by atoms with Crippen molar-refractivity contribution in [3.8, 4) is 0 Å². The van der Waals surface area contributed by atoms with Crippen molar-refractivity contribution in [2.24, 2.45) is 0 Å². The molecule has 0 saturated carbocycles. The largest absolute Gasteiger partial charge is 0.378 e. The average Bonchev–Trinajstić information content (AvgIpc) is 2.94. The maximum atomic E-state index is 12.7. The van der Waals surface area contributed by atoms with E-state index >= 15 is 0 Å². The number of benzene rings is 1. The number of allylic oxidation sites excluding steroid dienone is 2. The molecule has 0 aromatic heterocycles. The van der Waals surface area contributed by atoms with Gasteiger partial charge in [-0.2, -0.15) is 0 Å². The van der Waals surface area contributed by atoms with E-state index in [0.29, 0.717) is 42.1 Å². The Bertz CT molecular complexity index is 784. The van der Waals surface area contributed by atoms with Crippen LogP contribution >= 0.6 is 24.0 Å². The molecule has 0 N–H and O–H groups in total. The summed E-state index contributed by atoms with van der Waals surface area (Å²) in [5, 5.41) is 0. The zero-order valence-electron chi connectivity index (χ0n) is 15.2. The van der Waals surface area contributed by atoms with Gasteiger partial charge in [-0.25, -0.2) is 0 Å². The van der Waals surface area contributed by atoms with Gasteiger partial charge in [-0.1, -0.05) is 60.4 Å². The van der Waals surface area contributed by atoms with Crippen LogP contribution in [0.15, 0.2) is 46.9 Å². The minimum absolute atomic E-state index is 0.0384. The molecule has 2 saturated heterocycles. The topological polar surface area (TPSA) is 49.9 Å². The lowest BCUT2D eigenvalue weighted by molar-refractivity contribution is -0.135. The Hall–Kier alpha value is -1.96. The van der Waals surface area contributed by atoms with Crippen molar-refractivity contribution in [3.63, 3.8) is 0 Å². The van der Waals surface area contributed by atoms with Crippen LogP contribution in [-0.2, 0) is 14.3 Å². The van der Waals surface area contributed by atoms with Gasteiger partial charge in [0, 0.05) is 26.1 Å². The summed E-state index contributed by atoms with van der Waals surface area (Å²) < 4.78 is 5.77. The van der Waals surface area contributed by atoms with Gasteiger partial charge in [0.15, 0.2) is 0 Å². The summed E-state index contributed by atoms with van der Waals surface area (Å²) in [6.45, 7) is 4.65. The zero-order valence-corrected chi connectivity index (χ0v) is 16.9. The van der Waals surface area contributed by atoms with Crippen LogP contribution in [0.25, 0.3) is 6.08 Å². The monoisotopic (exact) mass is 402 g/mol. The van der Waals surface area contributed by atoms with Crippen LogP contribution in [-0.4, -0.2) is 58.8 Å². The molecule has 1 aromatic carbocycles. The molecule has 2 heterocycles. The molecular weight excluding hydrogens is 380 g/mol. The molecule has 27 heavy (non-hydrogen) atoms. The summed E-state index contributed by atoms with van der Waals surface area (Å²) in [5.41, 5.74) is 2.06. The zero-order chi connectivity index (χ0) is 19.2. The van der Waals surface area contributed by atoms with Crippen molar-refractivity contribution >= 4 is 46.2 Å². The second-order valence-electron chi connectivity index (χ2n) is 6.38. The molecule has 142 valence electrons. The Balaban J connectivity index is 1.60. The van der Waals surface area contributed by atoms with Gasteiger partial charge in [0.25, 0.3) is 5.91 Å². The molecule has 1 aromatic rings. The van der Waals surface area contributed by atoms with E-state index in [1.807, 2.05) is 49.4 Å². The molecule has 0 radical (unpaired) electrons. The molecule has 7 heteroatoms. The van der Waals surface area contributed by atoms with Crippen molar-refractivity contribution < 1.29 is 14.3 Å². The molecule has 0 atom stereocenters. The van der Waals surface area contributed by atoms with E-state index in [1.165, 1.54) is 16.7 Å². The van der Waals surface area contributed by atoms with Crippen molar-refractivity contribution in [3.05, 3.63) is 52.4 Å². The number of thiocarbonyl (C=S) groups is 1. The summed E-state index contributed by atoms with van der Waals surface area (Å²) >= 11 is 6.64. The lowest BCUT2D eigenvalue weighted by atomic mass is 10.1. The Morgan fingerprint density at radius 2 is 1.96 bits per heavy atom. The number of morpholine rings is 1. The van der Waals surface area contributed by atoms with Crippen LogP contribution in [0.5, 0.6) is 0 Å². The fourth-order valence-electron chi connectivity index (χ4n) is 2.93. The number of carbonyl (C=O) groups excluding carboxylic acids is 2. The molecule has 2 aliphatic rings. The van der Waals surface area contributed by atoms with E-state index in [0.717, 1.165) is 11.1 Å². The van der Waals surface area contributed by atoms with E-state index in [1.54, 1.807) is 4.90 Å². The van der Waals surface area contributed by atoms with Gasteiger partial charge in [-0.05, 0) is 24.1 Å². The van der Waals surface area contributed by atoms with Gasteiger partial charge in [0.2, 0.25) is 5.91 Å². The summed E-state index contributed by atoms with van der Waals surface area (Å²) in [6, 6.07) is 9.95. The first-order valence-electron chi connectivity index (χ1n) is 8.89. The predicted octanol–water partition coefficient (Wildman–Crippen LogP) is 3.08. The molecule has 2 fully saturated rings. The van der Waals surface area contributed by atoms with E-state index in [-0.39, 0.29) is 18.2 Å². The predicted molar refractivity (Wildman–Crippen MR) is 112 cm³/mol. The molecule has 2 aliphatic heterocycles. The van der Waals surface area contributed by atoms with Crippen molar-refractivity contribution in [1.82, 2.24) is 9.80 Å². The molecule has 0 aliphatic carbocycles. The molecule has 0 spiro atoms. The Kier molecular flexibility index (Phi) is 6.82. The highest BCUT2D eigenvalue weighted by Gasteiger charge is 2.32. The smallest absolute Gasteiger partial charge is 0.266 e. The van der Waals surface area contributed by atoms with E-state index < -0.39 is 0 Å². The highest BCUT2D eigenvalue weighted by Crippen LogP contribution is 2.32. The van der Waals surface area contributed by atoms with Gasteiger partial charge in [-0.15, -0.1) is 0 Å². The molecule has 2 amide bonds. The number of carbonyl (C=O) groups is 2. The number of thioether (sulfide) groups is 1. The summed E-state index contributed by atoms with van der Waals surface area (Å²) in [4.78, 5) is 28.9. The Morgan fingerprint density at radius 3 is 2.67 bits per heavy atom. The lowest BCUT2D eigenvalue weighted by Gasteiger charge is -2.27. The summed E-state index contributed by atoms with van der Waals surface area (Å²) in [7, 11) is 0. The van der Waals surface area contributed by atoms with Crippen LogP contribution in [0, 0.1) is 0 Å². The minimum atomic E-state index is -0.124. The van der Waals surface area contributed by atoms with Gasteiger partial charge in [0.05, 0.1) is 18.1 Å². The average molecular weight is 403 g/mol. The number of hydrogen-bond acceptors (Lipinski definition) is 5. The van der Waals surface area contributed by atoms with Gasteiger partial charge < -0.3 is 9.64 Å². The quantitative estimate of drug-likeness (QED) is 0.560. The van der Waals surface area contributed by atoms with Gasteiger partial charge >= 0.3 is 0 Å². The third kappa shape index (κ3) is 5.28. The highest BCUT2D eigenvalue weighted by atomic mass is 32.2. The van der Waals surface area contributed by atoms with Gasteiger partial charge in [0.1, 0.15) is 4.32 Å². The van der Waals surface area contributed by atoms with Crippen LogP contribution in [0.3, 0.4) is 0 Å². The highest BCUT2D eigenvalue weighted by molar-refractivity contribution is 8.26. The number of hydrogen-bond donors (Lipinski definition) is 0. The number of amides is 2. The standard InChI is InChI=1S/C20H22N2O3S2/c1-15(13-16-5-3-2-4-6-16)14-17-19(24)22(20(26)27-17)8-7-18(23)21-9-11-25-12-10-21/h2-6,13-14H,7-12H2,1H3/b15-13-,17-14+. The molecule has 3 rings (SSSR count). The molecule has 5 nitrogen and oxygen atoms in total. The summed E-state index contributed by atoms with van der Waals surface area (Å²) in [6.07, 6.45) is 4.16. The number of rotatable bonds is 5. The van der Waals surface area contributed by atoms with Crippen molar-refractivity contribution in [2.45, 2.75) is 13.3 Å². The number of nitrogens with zero attached hydrogens (tertiary/aromatic N) is 2. The third-order valence-electron chi connectivity index (χ3n) is 4.34. The number of ether oxygens (including phenoxy) is 1. The van der Waals surface area contributed by atoms with E-state index in [4.69, 9.17) is 17.0 Å². The Morgan fingerprint density at radius 1 is 1.26 bits per heavy atom. The molecule has 0 bridgehead atoms. The minimum Gasteiger partial charge on any atom is -0.378 e. The first-order chi connectivity index (χ1) is 13.0. The van der Waals surface area contributed by atoms with E-state index in [9.17, 15) is 9.59 Å². The second-order valence-corrected chi connectivity index (χ2v) is 8.05. The molecule has 0 unspecified atom stereocenters. The van der Waals surface area contributed by atoms with Crippen molar-refractivity contribution in [2.75, 3.05) is 32.8 Å². The molecular formula is C20H22N2O3S2. The van der Waals surface area contributed by atoms with Crippen molar-refractivity contribution in [1.29, 1.82) is 0 Å². The first kappa shape index (κ1) is 19.8. The Labute approximate surface area is 169 Å². The SMILES string of the molecule is CC(=C/c1ccccc1)/C=C1/SC(=S)N(CCC(=O)N2CCOCC2)C1=O. The van der Waals surface area contributed by atoms with Crippen LogP contribution in [0.4, 0.5) is 0 Å². The van der Waals surface area contributed by atoms with Crippen LogP contribution in [0.1, 0.15) is 18.9 Å². The summed E-state index contributed by atoms with van der Waals surface area (Å²) in [5.74, 6) is -0.0860. The van der Waals surface area contributed by atoms with Crippen LogP contribution < -0.4 is 0 Å².